The summed E-state index contributed by atoms with van der Waals surface area (Å²) in [5.41, 5.74) is 5.02. The molecular formula is C19H16N4O. The Morgan fingerprint density at radius 3 is 2.62 bits per heavy atom. The summed E-state index contributed by atoms with van der Waals surface area (Å²) in [7, 11) is 0. The van der Waals surface area contributed by atoms with Crippen molar-refractivity contribution in [2.45, 2.75) is 13.8 Å². The zero-order valence-electron chi connectivity index (χ0n) is 13.5. The van der Waals surface area contributed by atoms with E-state index in [1.54, 1.807) is 23.3 Å². The monoisotopic (exact) mass is 316 g/mol. The average molecular weight is 316 g/mol. The molecule has 5 nitrogen and oxygen atoms in total. The first kappa shape index (κ1) is 14.4. The van der Waals surface area contributed by atoms with Crippen LogP contribution in [0.1, 0.15) is 17.0 Å². The minimum absolute atomic E-state index is 0.541. The van der Waals surface area contributed by atoms with Gasteiger partial charge in [-0.1, -0.05) is 29.3 Å². The first-order valence-corrected chi connectivity index (χ1v) is 7.71. The molecule has 0 spiro atoms. The van der Waals surface area contributed by atoms with E-state index in [0.29, 0.717) is 11.7 Å². The molecule has 0 unspecified atom stereocenters. The second-order valence-corrected chi connectivity index (χ2v) is 5.76. The zero-order chi connectivity index (χ0) is 16.5. The van der Waals surface area contributed by atoms with Crippen LogP contribution in [-0.2, 0) is 0 Å². The summed E-state index contributed by atoms with van der Waals surface area (Å²) in [5.74, 6) is 1.24. The van der Waals surface area contributed by atoms with E-state index in [1.165, 1.54) is 11.1 Å². The minimum Gasteiger partial charge on any atom is -0.437 e. The van der Waals surface area contributed by atoms with Gasteiger partial charge in [0.25, 0.3) is 0 Å². The van der Waals surface area contributed by atoms with E-state index in [-0.39, 0.29) is 0 Å². The number of para-hydroxylation sites is 2. The third-order valence-electron chi connectivity index (χ3n) is 3.67. The van der Waals surface area contributed by atoms with Crippen LogP contribution in [0, 0.1) is 13.8 Å². The molecule has 118 valence electrons. The summed E-state index contributed by atoms with van der Waals surface area (Å²) in [6.07, 6.45) is 5.23. The lowest BCUT2D eigenvalue weighted by atomic mass is 10.1. The molecule has 2 aromatic heterocycles. The molecule has 0 aliphatic carbocycles. The molecule has 0 saturated carbocycles. The van der Waals surface area contributed by atoms with Crippen LogP contribution in [0.2, 0.25) is 0 Å². The number of hydrogen-bond donors (Lipinski definition) is 0. The lowest BCUT2D eigenvalue weighted by molar-refractivity contribution is 0.589. The summed E-state index contributed by atoms with van der Waals surface area (Å²) < 4.78 is 7.31. The summed E-state index contributed by atoms with van der Waals surface area (Å²) in [6.45, 7) is 4.14. The van der Waals surface area contributed by atoms with Gasteiger partial charge in [0, 0.05) is 17.8 Å². The first-order valence-electron chi connectivity index (χ1n) is 7.71. The average Bonchev–Trinajstić information content (AvgIpc) is 3.18. The molecule has 0 amide bonds. The Labute approximate surface area is 139 Å². The molecule has 5 heteroatoms. The third kappa shape index (κ3) is 2.84. The van der Waals surface area contributed by atoms with Crippen LogP contribution < -0.4 is 0 Å². The second kappa shape index (κ2) is 5.77. The highest BCUT2D eigenvalue weighted by Crippen LogP contribution is 2.19. The molecule has 0 saturated heterocycles. The fourth-order valence-corrected chi connectivity index (χ4v) is 2.68. The van der Waals surface area contributed by atoms with Crippen molar-refractivity contribution in [3.05, 3.63) is 65.8 Å². The van der Waals surface area contributed by atoms with Crippen LogP contribution in [0.4, 0.5) is 0 Å². The van der Waals surface area contributed by atoms with Crippen LogP contribution in [-0.4, -0.2) is 19.7 Å². The molecule has 0 radical (unpaired) electrons. The van der Waals surface area contributed by atoms with Gasteiger partial charge in [0.1, 0.15) is 11.8 Å². The predicted octanol–water partition coefficient (Wildman–Crippen LogP) is 4.33. The third-order valence-corrected chi connectivity index (χ3v) is 3.67. The Hall–Kier alpha value is -3.21. The molecule has 0 aliphatic rings. The molecule has 0 fully saturated rings. The highest BCUT2D eigenvalue weighted by Gasteiger charge is 2.05. The number of oxazole rings is 1. The lowest BCUT2D eigenvalue weighted by Gasteiger charge is -2.00. The molecule has 2 heterocycles. The van der Waals surface area contributed by atoms with Crippen LogP contribution >= 0.6 is 0 Å². The molecule has 4 rings (SSSR count). The second-order valence-electron chi connectivity index (χ2n) is 5.76. The van der Waals surface area contributed by atoms with Gasteiger partial charge in [0.2, 0.25) is 5.89 Å². The van der Waals surface area contributed by atoms with E-state index in [1.807, 2.05) is 24.3 Å². The van der Waals surface area contributed by atoms with Gasteiger partial charge in [0.05, 0.1) is 0 Å². The van der Waals surface area contributed by atoms with Gasteiger partial charge in [-0.2, -0.15) is 0 Å². The zero-order valence-corrected chi connectivity index (χ0v) is 13.5. The van der Waals surface area contributed by atoms with Crippen molar-refractivity contribution >= 4 is 23.4 Å². The Morgan fingerprint density at radius 2 is 1.83 bits per heavy atom. The van der Waals surface area contributed by atoms with Crippen molar-refractivity contribution in [1.82, 2.24) is 19.7 Å². The summed E-state index contributed by atoms with van der Waals surface area (Å²) in [6, 6.07) is 14.0. The maximum absolute atomic E-state index is 5.65. The normalized spacial score (nSPS) is 11.6. The van der Waals surface area contributed by atoms with Crippen LogP contribution in [0.3, 0.4) is 0 Å². The predicted molar refractivity (Wildman–Crippen MR) is 94.2 cm³/mol. The molecule has 0 N–H and O–H groups in total. The molecule has 0 atom stereocenters. The summed E-state index contributed by atoms with van der Waals surface area (Å²) in [5, 5.41) is 4.48. The largest absolute Gasteiger partial charge is 0.437 e. The van der Waals surface area contributed by atoms with Crippen molar-refractivity contribution < 1.29 is 4.42 Å². The van der Waals surface area contributed by atoms with E-state index in [9.17, 15) is 0 Å². The maximum Gasteiger partial charge on any atom is 0.221 e. The highest BCUT2D eigenvalue weighted by atomic mass is 16.3. The van der Waals surface area contributed by atoms with Crippen molar-refractivity contribution in [3.63, 3.8) is 0 Å². The first-order chi connectivity index (χ1) is 11.7. The lowest BCUT2D eigenvalue weighted by Crippen LogP contribution is -1.89. The van der Waals surface area contributed by atoms with E-state index in [4.69, 9.17) is 4.42 Å². The summed E-state index contributed by atoms with van der Waals surface area (Å²) in [4.78, 5) is 8.77. The molecule has 0 aliphatic heterocycles. The summed E-state index contributed by atoms with van der Waals surface area (Å²) >= 11 is 0. The van der Waals surface area contributed by atoms with E-state index >= 15 is 0 Å². The SMILES string of the molecule is Cc1cc(C)cc(-c2ncn(/C=C\c3nc4ccccc4o3)n2)c1. The van der Waals surface area contributed by atoms with Crippen LogP contribution in [0.25, 0.3) is 34.8 Å². The van der Waals surface area contributed by atoms with Crippen molar-refractivity contribution in [1.29, 1.82) is 0 Å². The fourth-order valence-electron chi connectivity index (χ4n) is 2.68. The number of benzene rings is 2. The standard InChI is InChI=1S/C19H16N4O/c1-13-9-14(2)11-15(10-13)19-20-12-23(22-19)8-7-18-21-16-5-3-4-6-17(16)24-18/h3-12H,1-2H3/b8-7-. The quantitative estimate of drug-likeness (QED) is 0.564. The van der Waals surface area contributed by atoms with Gasteiger partial charge in [-0.25, -0.2) is 14.6 Å². The van der Waals surface area contributed by atoms with Gasteiger partial charge < -0.3 is 4.42 Å². The van der Waals surface area contributed by atoms with Crippen molar-refractivity contribution in [3.8, 4) is 11.4 Å². The van der Waals surface area contributed by atoms with E-state index in [0.717, 1.165) is 16.7 Å². The van der Waals surface area contributed by atoms with Gasteiger partial charge >= 0.3 is 0 Å². The minimum atomic E-state index is 0.541. The van der Waals surface area contributed by atoms with Crippen LogP contribution in [0.5, 0.6) is 0 Å². The topological polar surface area (TPSA) is 56.7 Å². The Balaban J connectivity index is 1.60. The molecular weight excluding hydrogens is 300 g/mol. The molecule has 24 heavy (non-hydrogen) atoms. The molecule has 2 aromatic carbocycles. The Kier molecular flexibility index (Phi) is 3.46. The molecule has 0 bridgehead atoms. The number of hydrogen-bond acceptors (Lipinski definition) is 4. The van der Waals surface area contributed by atoms with E-state index < -0.39 is 0 Å². The van der Waals surface area contributed by atoms with Gasteiger partial charge in [-0.05, 0) is 38.1 Å². The van der Waals surface area contributed by atoms with Crippen molar-refractivity contribution in [2.75, 3.05) is 0 Å². The number of fused-ring (bicyclic) bond motifs is 1. The Bertz CT molecular complexity index is 989. The number of nitrogens with zero attached hydrogens (tertiary/aromatic N) is 4. The van der Waals surface area contributed by atoms with E-state index in [2.05, 4.69) is 47.1 Å². The molecule has 4 aromatic rings. The van der Waals surface area contributed by atoms with Crippen molar-refractivity contribution in [2.24, 2.45) is 0 Å². The van der Waals surface area contributed by atoms with Gasteiger partial charge in [-0.15, -0.1) is 5.10 Å². The van der Waals surface area contributed by atoms with Gasteiger partial charge in [0.15, 0.2) is 11.4 Å². The van der Waals surface area contributed by atoms with Gasteiger partial charge in [-0.3, -0.25) is 0 Å². The Morgan fingerprint density at radius 1 is 1.04 bits per heavy atom. The highest BCUT2D eigenvalue weighted by molar-refractivity contribution is 5.74. The fraction of sp³-hybridized carbons (Fsp3) is 0.105. The number of rotatable bonds is 3. The maximum atomic E-state index is 5.65. The smallest absolute Gasteiger partial charge is 0.221 e. The number of aryl methyl sites for hydroxylation is 2. The number of aromatic nitrogens is 4. The van der Waals surface area contributed by atoms with Crippen LogP contribution in [0.15, 0.2) is 53.2 Å².